The molecule has 1 aliphatic heterocycles. The van der Waals surface area contributed by atoms with Crippen molar-refractivity contribution in [1.29, 1.82) is 0 Å². The molecule has 0 radical (unpaired) electrons. The lowest BCUT2D eigenvalue weighted by Crippen LogP contribution is -2.51. The number of anilines is 1. The van der Waals surface area contributed by atoms with E-state index in [1.54, 1.807) is 37.3 Å². The second-order valence-electron chi connectivity index (χ2n) is 6.36. The molecule has 2 aromatic rings. The Morgan fingerprint density at radius 3 is 2.93 bits per heavy atom. The topological polar surface area (TPSA) is 65.4 Å². The second kappa shape index (κ2) is 9.55. The van der Waals surface area contributed by atoms with Crippen molar-refractivity contribution in [3.63, 3.8) is 0 Å². The summed E-state index contributed by atoms with van der Waals surface area (Å²) in [6.07, 6.45) is 7.64. The highest BCUT2D eigenvalue weighted by Gasteiger charge is 2.22. The molecule has 0 spiro atoms. The van der Waals surface area contributed by atoms with Crippen LogP contribution < -0.4 is 15.5 Å². The number of hydrogen-bond donors (Lipinski definition) is 2. The van der Waals surface area contributed by atoms with Gasteiger partial charge in [0, 0.05) is 50.0 Å². The van der Waals surface area contributed by atoms with Crippen molar-refractivity contribution in [2.45, 2.75) is 30.3 Å². The summed E-state index contributed by atoms with van der Waals surface area (Å²) in [5.41, 5.74) is 0.924. The van der Waals surface area contributed by atoms with Crippen LogP contribution in [0, 0.1) is 5.82 Å². The Labute approximate surface area is 163 Å². The molecule has 144 valence electrons. The molecule has 1 aromatic heterocycles. The van der Waals surface area contributed by atoms with Gasteiger partial charge in [-0.05, 0) is 48.9 Å². The summed E-state index contributed by atoms with van der Waals surface area (Å²) >= 11 is 1.61. The van der Waals surface area contributed by atoms with Crippen molar-refractivity contribution >= 4 is 23.7 Å². The number of thioether (sulfide) groups is 1. The third kappa shape index (κ3) is 5.32. The summed E-state index contributed by atoms with van der Waals surface area (Å²) in [6.45, 7) is 2.29. The molecule has 0 amide bonds. The lowest BCUT2D eigenvalue weighted by Gasteiger charge is -2.33. The molecular formula is C19H25FN6S. The number of guanidine groups is 1. The third-order valence-corrected chi connectivity index (χ3v) is 5.35. The molecule has 3 rings (SSSR count). The molecule has 2 N–H and O–H groups in total. The number of nitrogens with zero attached hydrogens (tertiary/aromatic N) is 4. The summed E-state index contributed by atoms with van der Waals surface area (Å²) in [6, 6.07) is 6.95. The summed E-state index contributed by atoms with van der Waals surface area (Å²) in [4.78, 5) is 16.2. The normalized spacial score (nSPS) is 17.7. The zero-order valence-electron chi connectivity index (χ0n) is 15.7. The first-order valence-electron chi connectivity index (χ1n) is 9.01. The molecule has 1 aromatic carbocycles. The Kier molecular flexibility index (Phi) is 6.86. The first-order valence-corrected chi connectivity index (χ1v) is 10.2. The Hall–Kier alpha value is -2.35. The maximum Gasteiger partial charge on any atom is 0.225 e. The van der Waals surface area contributed by atoms with Crippen LogP contribution in [-0.2, 0) is 6.54 Å². The van der Waals surface area contributed by atoms with E-state index >= 15 is 0 Å². The highest BCUT2D eigenvalue weighted by molar-refractivity contribution is 7.98. The minimum Gasteiger partial charge on any atom is -0.352 e. The van der Waals surface area contributed by atoms with Gasteiger partial charge in [0.05, 0.1) is 0 Å². The van der Waals surface area contributed by atoms with E-state index in [1.165, 1.54) is 6.07 Å². The van der Waals surface area contributed by atoms with E-state index in [9.17, 15) is 4.39 Å². The predicted molar refractivity (Wildman–Crippen MR) is 109 cm³/mol. The van der Waals surface area contributed by atoms with Crippen molar-refractivity contribution in [2.24, 2.45) is 4.99 Å². The fraction of sp³-hybridized carbons (Fsp3) is 0.421. The van der Waals surface area contributed by atoms with Gasteiger partial charge in [-0.1, -0.05) is 0 Å². The minimum absolute atomic E-state index is 0.224. The van der Waals surface area contributed by atoms with Crippen molar-refractivity contribution in [1.82, 2.24) is 20.6 Å². The maximum absolute atomic E-state index is 13.6. The Balaban J connectivity index is 1.58. The van der Waals surface area contributed by atoms with Crippen molar-refractivity contribution in [3.8, 4) is 0 Å². The number of rotatable bonds is 5. The van der Waals surface area contributed by atoms with E-state index in [0.29, 0.717) is 12.5 Å². The second-order valence-corrected chi connectivity index (χ2v) is 7.21. The van der Waals surface area contributed by atoms with Crippen LogP contribution in [0.4, 0.5) is 10.3 Å². The van der Waals surface area contributed by atoms with E-state index in [2.05, 4.69) is 30.5 Å². The quantitative estimate of drug-likeness (QED) is 0.466. The van der Waals surface area contributed by atoms with Gasteiger partial charge < -0.3 is 15.5 Å². The molecular weight excluding hydrogens is 363 g/mol. The molecule has 1 unspecified atom stereocenters. The van der Waals surface area contributed by atoms with E-state index in [1.807, 2.05) is 18.4 Å². The molecule has 0 saturated carbocycles. The predicted octanol–water partition coefficient (Wildman–Crippen LogP) is 2.67. The van der Waals surface area contributed by atoms with Crippen LogP contribution in [0.2, 0.25) is 0 Å². The van der Waals surface area contributed by atoms with Gasteiger partial charge in [-0.25, -0.2) is 14.4 Å². The number of halogens is 1. The van der Waals surface area contributed by atoms with Gasteiger partial charge in [-0.2, -0.15) is 0 Å². The molecule has 1 atom stereocenters. The molecule has 2 heterocycles. The monoisotopic (exact) mass is 388 g/mol. The summed E-state index contributed by atoms with van der Waals surface area (Å²) in [5.74, 6) is 1.25. The SMILES string of the molecule is CN=C(NCc1cc(F)ccc1SC)NC1CCCN(c2ncccn2)C1. The number of aliphatic imine (C=N–C) groups is 1. The van der Waals surface area contributed by atoms with E-state index in [4.69, 9.17) is 0 Å². The number of aromatic nitrogens is 2. The van der Waals surface area contributed by atoms with Crippen molar-refractivity contribution < 1.29 is 4.39 Å². The average Bonchev–Trinajstić information content (AvgIpc) is 2.72. The molecule has 0 aliphatic carbocycles. The van der Waals surface area contributed by atoms with Crippen LogP contribution in [-0.4, -0.2) is 48.4 Å². The Morgan fingerprint density at radius 1 is 1.37 bits per heavy atom. The van der Waals surface area contributed by atoms with Gasteiger partial charge in [0.15, 0.2) is 5.96 Å². The van der Waals surface area contributed by atoms with Crippen LogP contribution in [0.5, 0.6) is 0 Å². The first kappa shape index (κ1) is 19.4. The van der Waals surface area contributed by atoms with Crippen LogP contribution in [0.1, 0.15) is 18.4 Å². The number of piperidine rings is 1. The standard InChI is InChI=1S/C19H25FN6S/c1-21-18(24-12-14-11-15(20)6-7-17(14)27-2)25-16-5-3-10-26(13-16)19-22-8-4-9-23-19/h4,6-9,11,16H,3,5,10,12-13H2,1-2H3,(H2,21,24,25). The van der Waals surface area contributed by atoms with Crippen LogP contribution >= 0.6 is 11.8 Å². The Morgan fingerprint density at radius 2 is 2.19 bits per heavy atom. The van der Waals surface area contributed by atoms with Gasteiger partial charge in [0.1, 0.15) is 5.82 Å². The smallest absolute Gasteiger partial charge is 0.225 e. The van der Waals surface area contributed by atoms with E-state index in [0.717, 1.165) is 42.3 Å². The number of benzene rings is 1. The van der Waals surface area contributed by atoms with E-state index in [-0.39, 0.29) is 11.9 Å². The van der Waals surface area contributed by atoms with Crippen LogP contribution in [0.15, 0.2) is 46.5 Å². The zero-order valence-corrected chi connectivity index (χ0v) is 16.5. The molecule has 6 nitrogen and oxygen atoms in total. The summed E-state index contributed by atoms with van der Waals surface area (Å²) < 4.78 is 13.6. The summed E-state index contributed by atoms with van der Waals surface area (Å²) in [7, 11) is 1.75. The highest BCUT2D eigenvalue weighted by Crippen LogP contribution is 2.21. The number of hydrogen-bond acceptors (Lipinski definition) is 5. The van der Waals surface area contributed by atoms with Gasteiger partial charge in [0.25, 0.3) is 0 Å². The van der Waals surface area contributed by atoms with Gasteiger partial charge in [0.2, 0.25) is 5.95 Å². The molecule has 1 aliphatic rings. The third-order valence-electron chi connectivity index (χ3n) is 4.51. The summed E-state index contributed by atoms with van der Waals surface area (Å²) in [5, 5.41) is 6.77. The van der Waals surface area contributed by atoms with Gasteiger partial charge >= 0.3 is 0 Å². The Bertz CT molecular complexity index is 770. The average molecular weight is 389 g/mol. The number of nitrogens with one attached hydrogen (secondary N) is 2. The van der Waals surface area contributed by atoms with Crippen LogP contribution in [0.3, 0.4) is 0 Å². The fourth-order valence-electron chi connectivity index (χ4n) is 3.18. The van der Waals surface area contributed by atoms with Crippen molar-refractivity contribution in [3.05, 3.63) is 48.0 Å². The molecule has 27 heavy (non-hydrogen) atoms. The van der Waals surface area contributed by atoms with Gasteiger partial charge in [-0.15, -0.1) is 11.8 Å². The van der Waals surface area contributed by atoms with E-state index < -0.39 is 0 Å². The highest BCUT2D eigenvalue weighted by atomic mass is 32.2. The van der Waals surface area contributed by atoms with Crippen molar-refractivity contribution in [2.75, 3.05) is 31.3 Å². The lowest BCUT2D eigenvalue weighted by molar-refractivity contribution is 0.463. The molecule has 1 fully saturated rings. The largest absolute Gasteiger partial charge is 0.352 e. The zero-order chi connectivity index (χ0) is 19.1. The molecule has 1 saturated heterocycles. The van der Waals surface area contributed by atoms with Gasteiger partial charge in [-0.3, -0.25) is 4.99 Å². The maximum atomic E-state index is 13.6. The molecule has 0 bridgehead atoms. The first-order chi connectivity index (χ1) is 13.2. The minimum atomic E-state index is -0.224. The fourth-order valence-corrected chi connectivity index (χ4v) is 3.78. The molecule has 8 heteroatoms. The van der Waals surface area contributed by atoms with Crippen LogP contribution in [0.25, 0.3) is 0 Å². The lowest BCUT2D eigenvalue weighted by atomic mass is 10.1.